The Bertz CT molecular complexity index is 1120. The number of amides is 1. The molecule has 0 saturated heterocycles. The average Bonchev–Trinajstić information content (AvgIpc) is 3.32. The van der Waals surface area contributed by atoms with Gasteiger partial charge in [0.25, 0.3) is 5.91 Å². The van der Waals surface area contributed by atoms with Crippen molar-refractivity contribution in [1.29, 1.82) is 5.26 Å². The van der Waals surface area contributed by atoms with Gasteiger partial charge in [-0.3, -0.25) is 9.20 Å². The first-order valence-electron chi connectivity index (χ1n) is 8.42. The maximum absolute atomic E-state index is 12.8. The number of nitrogens with zero attached hydrogens (tertiary/aromatic N) is 5. The lowest BCUT2D eigenvalue weighted by atomic mass is 9.85. The number of hydrogen-bond acceptors (Lipinski definition) is 6. The van der Waals surface area contributed by atoms with Crippen LogP contribution in [0.5, 0.6) is 0 Å². The lowest BCUT2D eigenvalue weighted by Crippen LogP contribution is -2.27. The Morgan fingerprint density at radius 1 is 1.33 bits per heavy atom. The number of carbonyl (C=O) groups excluding carboxylic acids is 1. The third-order valence-electron chi connectivity index (χ3n) is 4.64. The summed E-state index contributed by atoms with van der Waals surface area (Å²) < 4.78 is 6.46. The van der Waals surface area contributed by atoms with E-state index in [1.54, 1.807) is 22.7 Å². The largest absolute Gasteiger partial charge is 0.343 e. The zero-order chi connectivity index (χ0) is 19.0. The van der Waals surface area contributed by atoms with Crippen LogP contribution >= 0.6 is 0 Å². The Balaban J connectivity index is 1.65. The van der Waals surface area contributed by atoms with Gasteiger partial charge in [0.2, 0.25) is 6.39 Å². The predicted octanol–water partition coefficient (Wildman–Crippen LogP) is 2.58. The van der Waals surface area contributed by atoms with Crippen molar-refractivity contribution in [3.63, 3.8) is 0 Å². The molecule has 0 aromatic carbocycles. The highest BCUT2D eigenvalue weighted by Gasteiger charge is 2.26. The molecule has 134 valence electrons. The SMILES string of the molecule is CC1=CC(C)C(c2ncon2)C=C1NC(=O)c1cnc2ccc(C#N)cn12. The number of carbonyl (C=O) groups is 1. The quantitative estimate of drug-likeness (QED) is 0.769. The van der Waals surface area contributed by atoms with Crippen molar-refractivity contribution < 1.29 is 9.32 Å². The molecule has 8 heteroatoms. The lowest BCUT2D eigenvalue weighted by molar-refractivity contribution is 0.0960. The number of imidazole rings is 1. The Morgan fingerprint density at radius 2 is 2.19 bits per heavy atom. The van der Waals surface area contributed by atoms with Gasteiger partial charge in [0.15, 0.2) is 5.82 Å². The van der Waals surface area contributed by atoms with Gasteiger partial charge in [-0.2, -0.15) is 10.2 Å². The molecule has 1 N–H and O–H groups in total. The van der Waals surface area contributed by atoms with Crippen LogP contribution in [0.3, 0.4) is 0 Å². The summed E-state index contributed by atoms with van der Waals surface area (Å²) in [5.41, 5.74) is 3.06. The predicted molar refractivity (Wildman–Crippen MR) is 95.4 cm³/mol. The molecular weight excluding hydrogens is 344 g/mol. The second-order valence-electron chi connectivity index (χ2n) is 6.46. The van der Waals surface area contributed by atoms with Gasteiger partial charge in [-0.15, -0.1) is 0 Å². The van der Waals surface area contributed by atoms with Gasteiger partial charge >= 0.3 is 0 Å². The zero-order valence-electron chi connectivity index (χ0n) is 14.7. The molecule has 8 nitrogen and oxygen atoms in total. The van der Waals surface area contributed by atoms with Crippen LogP contribution in [0.1, 0.15) is 41.6 Å². The molecule has 1 aliphatic carbocycles. The summed E-state index contributed by atoms with van der Waals surface area (Å²) in [5, 5.41) is 15.9. The van der Waals surface area contributed by atoms with Gasteiger partial charge < -0.3 is 9.84 Å². The van der Waals surface area contributed by atoms with Crippen LogP contribution in [-0.2, 0) is 0 Å². The van der Waals surface area contributed by atoms with E-state index in [0.29, 0.717) is 28.4 Å². The third kappa shape index (κ3) is 3.00. The molecule has 3 aromatic heterocycles. The minimum absolute atomic E-state index is 0.0878. The first-order valence-corrected chi connectivity index (χ1v) is 8.42. The molecule has 0 fully saturated rings. The maximum atomic E-state index is 12.8. The fraction of sp³-hybridized carbons (Fsp3) is 0.211. The number of rotatable bonds is 3. The highest BCUT2D eigenvalue weighted by Crippen LogP contribution is 2.32. The average molecular weight is 360 g/mol. The van der Waals surface area contributed by atoms with Gasteiger partial charge in [-0.25, -0.2) is 4.98 Å². The number of pyridine rings is 1. The van der Waals surface area contributed by atoms with E-state index in [-0.39, 0.29) is 17.7 Å². The Labute approximate surface area is 154 Å². The summed E-state index contributed by atoms with van der Waals surface area (Å²) in [6.45, 7) is 4.00. The Hall–Kier alpha value is -3.73. The van der Waals surface area contributed by atoms with Crippen LogP contribution in [0, 0.1) is 17.2 Å². The first kappa shape index (κ1) is 16.7. The summed E-state index contributed by atoms with van der Waals surface area (Å²) in [6.07, 6.45) is 8.39. The molecule has 1 amide bonds. The number of nitrogens with one attached hydrogen (secondary N) is 1. The summed E-state index contributed by atoms with van der Waals surface area (Å²) in [4.78, 5) is 21.2. The summed E-state index contributed by atoms with van der Waals surface area (Å²) in [5.74, 6) is 0.358. The van der Waals surface area contributed by atoms with Crippen LogP contribution in [-0.4, -0.2) is 25.4 Å². The number of hydrogen-bond donors (Lipinski definition) is 1. The minimum atomic E-state index is -0.307. The molecule has 0 saturated carbocycles. The fourth-order valence-corrected chi connectivity index (χ4v) is 3.23. The van der Waals surface area contributed by atoms with Crippen LogP contribution in [0.2, 0.25) is 0 Å². The molecule has 1 aliphatic rings. The number of aromatic nitrogens is 4. The van der Waals surface area contributed by atoms with E-state index >= 15 is 0 Å². The van der Waals surface area contributed by atoms with Crippen molar-refractivity contribution in [2.75, 3.05) is 0 Å². The van der Waals surface area contributed by atoms with E-state index in [4.69, 9.17) is 9.78 Å². The van der Waals surface area contributed by atoms with Gasteiger partial charge in [0.05, 0.1) is 11.8 Å². The highest BCUT2D eigenvalue weighted by atomic mass is 16.5. The van der Waals surface area contributed by atoms with Gasteiger partial charge in [0, 0.05) is 17.8 Å². The molecule has 0 bridgehead atoms. The van der Waals surface area contributed by atoms with Crippen LogP contribution in [0.4, 0.5) is 0 Å². The van der Waals surface area contributed by atoms with E-state index in [1.807, 2.05) is 13.0 Å². The van der Waals surface area contributed by atoms with Crippen LogP contribution in [0.15, 0.2) is 58.9 Å². The lowest BCUT2D eigenvalue weighted by Gasteiger charge is -2.23. The van der Waals surface area contributed by atoms with E-state index < -0.39 is 0 Å². The highest BCUT2D eigenvalue weighted by molar-refractivity contribution is 5.95. The van der Waals surface area contributed by atoms with Gasteiger partial charge in [-0.1, -0.05) is 18.2 Å². The third-order valence-corrected chi connectivity index (χ3v) is 4.64. The Morgan fingerprint density at radius 3 is 2.93 bits per heavy atom. The topological polar surface area (TPSA) is 109 Å². The fourth-order valence-electron chi connectivity index (χ4n) is 3.23. The molecule has 0 spiro atoms. The molecule has 4 rings (SSSR count). The van der Waals surface area contributed by atoms with E-state index in [1.165, 1.54) is 12.6 Å². The molecule has 0 radical (unpaired) electrons. The standard InChI is InChI=1S/C19H16N6O2/c1-11-5-12(2)15(6-14(11)18-22-10-27-24-18)23-19(26)16-8-21-17-4-3-13(7-20)9-25(16)17/h3-6,8-11,14H,1-2H3,(H,23,26). The van der Waals surface area contributed by atoms with Crippen molar-refractivity contribution in [3.8, 4) is 6.07 Å². The number of fused-ring (bicyclic) bond motifs is 1. The molecule has 3 heterocycles. The summed E-state index contributed by atoms with van der Waals surface area (Å²) in [6, 6.07) is 5.43. The smallest absolute Gasteiger partial charge is 0.274 e. The monoisotopic (exact) mass is 360 g/mol. The van der Waals surface area contributed by atoms with Gasteiger partial charge in [0.1, 0.15) is 17.4 Å². The molecule has 2 unspecified atom stereocenters. The Kier molecular flexibility index (Phi) is 4.05. The molecule has 2 atom stereocenters. The van der Waals surface area contributed by atoms with Crippen molar-refractivity contribution >= 4 is 11.6 Å². The summed E-state index contributed by atoms with van der Waals surface area (Å²) in [7, 11) is 0. The molecule has 27 heavy (non-hydrogen) atoms. The van der Waals surface area contributed by atoms with Crippen molar-refractivity contribution in [3.05, 3.63) is 71.4 Å². The van der Waals surface area contributed by atoms with E-state index in [2.05, 4.69) is 39.5 Å². The van der Waals surface area contributed by atoms with Crippen molar-refractivity contribution in [2.24, 2.45) is 5.92 Å². The van der Waals surface area contributed by atoms with Crippen molar-refractivity contribution in [2.45, 2.75) is 19.8 Å². The molecular formula is C19H16N6O2. The van der Waals surface area contributed by atoms with Gasteiger partial charge in [-0.05, 0) is 36.6 Å². The van der Waals surface area contributed by atoms with Crippen LogP contribution in [0.25, 0.3) is 5.65 Å². The first-order chi connectivity index (χ1) is 13.1. The second kappa shape index (κ2) is 6.53. The van der Waals surface area contributed by atoms with E-state index in [0.717, 1.165) is 5.57 Å². The van der Waals surface area contributed by atoms with Crippen LogP contribution < -0.4 is 5.32 Å². The second-order valence-corrected chi connectivity index (χ2v) is 6.46. The van der Waals surface area contributed by atoms with Crippen molar-refractivity contribution in [1.82, 2.24) is 24.8 Å². The summed E-state index contributed by atoms with van der Waals surface area (Å²) >= 11 is 0. The molecule has 3 aromatic rings. The molecule has 0 aliphatic heterocycles. The number of allylic oxidation sites excluding steroid dienone is 3. The normalized spacial score (nSPS) is 19.3. The maximum Gasteiger partial charge on any atom is 0.274 e. The van der Waals surface area contributed by atoms with E-state index in [9.17, 15) is 4.79 Å². The number of nitriles is 1. The minimum Gasteiger partial charge on any atom is -0.343 e. The zero-order valence-corrected chi connectivity index (χ0v) is 14.7.